The largest absolute Gasteiger partial charge is 0.361 e. The van der Waals surface area contributed by atoms with Crippen molar-refractivity contribution in [3.63, 3.8) is 0 Å². The van der Waals surface area contributed by atoms with Crippen LogP contribution in [0.25, 0.3) is 10.9 Å². The lowest BCUT2D eigenvalue weighted by Crippen LogP contribution is -2.13. The topological polar surface area (TPSA) is 62.7 Å². The quantitative estimate of drug-likeness (QED) is 0.435. The molecule has 1 amide bonds. The number of carbonyl (C=O) groups excluding carboxylic acids is 1. The molecule has 2 heterocycles. The van der Waals surface area contributed by atoms with Gasteiger partial charge in [0.05, 0.1) is 23.6 Å². The monoisotopic (exact) mass is 424 g/mol. The average Bonchev–Trinajstić information content (AvgIpc) is 3.25. The fraction of sp³-hybridized carbons (Fsp3) is 0.217. The number of carbonyl (C=O) groups is 1. The lowest BCUT2D eigenvalue weighted by atomic mass is 10.1. The van der Waals surface area contributed by atoms with Crippen LogP contribution < -0.4 is 5.32 Å². The van der Waals surface area contributed by atoms with Gasteiger partial charge in [0, 0.05) is 28.5 Å². The number of halogens is 2. The summed E-state index contributed by atoms with van der Waals surface area (Å²) < 4.78 is 15.0. The van der Waals surface area contributed by atoms with E-state index in [1.54, 1.807) is 10.7 Å². The Kier molecular flexibility index (Phi) is 5.59. The maximum atomic E-state index is 13.3. The van der Waals surface area contributed by atoms with Gasteiger partial charge in [-0.15, -0.1) is 0 Å². The normalized spacial score (nSPS) is 11.2. The molecule has 0 unspecified atom stereocenters. The summed E-state index contributed by atoms with van der Waals surface area (Å²) in [5.41, 5.74) is 5.22. The molecule has 0 saturated carbocycles. The lowest BCUT2D eigenvalue weighted by molar-refractivity contribution is -0.116. The number of aryl methyl sites for hydroxylation is 2. The van der Waals surface area contributed by atoms with E-state index in [0.717, 1.165) is 33.4 Å². The highest BCUT2D eigenvalue weighted by atomic mass is 35.5. The molecule has 0 atom stereocenters. The number of benzene rings is 2. The summed E-state index contributed by atoms with van der Waals surface area (Å²) in [6, 6.07) is 12.4. The van der Waals surface area contributed by atoms with Crippen LogP contribution >= 0.6 is 11.6 Å². The predicted octanol–water partition coefficient (Wildman–Crippen LogP) is 5.39. The first-order valence-electron chi connectivity index (χ1n) is 9.75. The van der Waals surface area contributed by atoms with E-state index in [-0.39, 0.29) is 11.7 Å². The molecule has 7 heteroatoms. The zero-order valence-electron chi connectivity index (χ0n) is 16.8. The molecule has 0 radical (unpaired) electrons. The van der Waals surface area contributed by atoms with Crippen LogP contribution in [-0.2, 0) is 17.8 Å². The molecule has 0 bridgehead atoms. The molecule has 0 aliphatic carbocycles. The minimum absolute atomic E-state index is 0.0640. The van der Waals surface area contributed by atoms with Crippen molar-refractivity contribution in [1.29, 1.82) is 0 Å². The first-order valence-corrected chi connectivity index (χ1v) is 10.1. The van der Waals surface area contributed by atoms with Crippen molar-refractivity contribution in [3.05, 3.63) is 82.0 Å². The van der Waals surface area contributed by atoms with Crippen LogP contribution in [0.5, 0.6) is 0 Å². The lowest BCUT2D eigenvalue weighted by Gasteiger charge is -2.08. The smallest absolute Gasteiger partial charge is 0.224 e. The maximum absolute atomic E-state index is 13.3. The third kappa shape index (κ3) is 4.09. The second kappa shape index (κ2) is 8.32. The van der Waals surface area contributed by atoms with Gasteiger partial charge in [-0.1, -0.05) is 35.9 Å². The zero-order valence-corrected chi connectivity index (χ0v) is 17.6. The Balaban J connectivity index is 1.44. The molecule has 2 N–H and O–H groups in total. The van der Waals surface area contributed by atoms with E-state index in [9.17, 15) is 9.18 Å². The number of fused-ring (bicyclic) bond motifs is 1. The van der Waals surface area contributed by atoms with Gasteiger partial charge in [-0.3, -0.25) is 9.48 Å². The molecule has 154 valence electrons. The summed E-state index contributed by atoms with van der Waals surface area (Å²) in [6.07, 6.45) is 2.97. The van der Waals surface area contributed by atoms with Crippen molar-refractivity contribution in [2.24, 2.45) is 0 Å². The van der Waals surface area contributed by atoms with Gasteiger partial charge in [-0.2, -0.15) is 5.10 Å². The molecule has 4 aromatic rings. The minimum Gasteiger partial charge on any atom is -0.361 e. The highest BCUT2D eigenvalue weighted by molar-refractivity contribution is 6.31. The van der Waals surface area contributed by atoms with E-state index in [0.29, 0.717) is 30.1 Å². The number of hydrogen-bond donors (Lipinski definition) is 2. The van der Waals surface area contributed by atoms with Crippen molar-refractivity contribution in [3.8, 4) is 0 Å². The van der Waals surface area contributed by atoms with Crippen LogP contribution in [0.4, 0.5) is 10.1 Å². The van der Waals surface area contributed by atoms with Gasteiger partial charge in [0.1, 0.15) is 5.82 Å². The number of amides is 1. The molecule has 0 fully saturated rings. The van der Waals surface area contributed by atoms with Crippen molar-refractivity contribution in [1.82, 2.24) is 14.8 Å². The molecular weight excluding hydrogens is 403 g/mol. The number of nitrogens with one attached hydrogen (secondary N) is 2. The number of aromatic nitrogens is 3. The Labute approximate surface area is 178 Å². The third-order valence-corrected chi connectivity index (χ3v) is 5.63. The van der Waals surface area contributed by atoms with Gasteiger partial charge >= 0.3 is 0 Å². The van der Waals surface area contributed by atoms with Crippen LogP contribution in [0.2, 0.25) is 5.02 Å². The second-order valence-electron chi connectivity index (χ2n) is 7.35. The van der Waals surface area contributed by atoms with Gasteiger partial charge in [0.2, 0.25) is 5.91 Å². The van der Waals surface area contributed by atoms with Crippen LogP contribution in [0.1, 0.15) is 28.9 Å². The molecule has 5 nitrogen and oxygen atoms in total. The van der Waals surface area contributed by atoms with Crippen LogP contribution in [0, 0.1) is 19.7 Å². The summed E-state index contributed by atoms with van der Waals surface area (Å²) in [4.78, 5) is 15.8. The number of rotatable bonds is 6. The van der Waals surface area contributed by atoms with Crippen molar-refractivity contribution < 1.29 is 9.18 Å². The van der Waals surface area contributed by atoms with Gasteiger partial charge in [-0.25, -0.2) is 4.39 Å². The number of anilines is 1. The first kappa shape index (κ1) is 20.2. The molecule has 30 heavy (non-hydrogen) atoms. The molecule has 0 saturated heterocycles. The van der Waals surface area contributed by atoms with Gasteiger partial charge in [0.25, 0.3) is 0 Å². The summed E-state index contributed by atoms with van der Waals surface area (Å²) in [5.74, 6) is -0.439. The van der Waals surface area contributed by atoms with Crippen LogP contribution in [-0.4, -0.2) is 20.7 Å². The number of nitrogens with zero attached hydrogens (tertiary/aromatic N) is 2. The summed E-state index contributed by atoms with van der Waals surface area (Å²) >= 11 is 6.14. The molecule has 0 aliphatic heterocycles. The molecule has 0 aliphatic rings. The Hall–Kier alpha value is -3.12. The summed E-state index contributed by atoms with van der Waals surface area (Å²) in [5, 5.41) is 9.00. The van der Waals surface area contributed by atoms with Gasteiger partial charge in [-0.05, 0) is 49.6 Å². The van der Waals surface area contributed by atoms with E-state index >= 15 is 0 Å². The second-order valence-corrected chi connectivity index (χ2v) is 7.75. The summed E-state index contributed by atoms with van der Waals surface area (Å²) in [6.45, 7) is 4.15. The molecule has 2 aromatic carbocycles. The van der Waals surface area contributed by atoms with Crippen molar-refractivity contribution in [2.75, 3.05) is 5.32 Å². The van der Waals surface area contributed by atoms with Gasteiger partial charge in [0.15, 0.2) is 0 Å². The number of H-pyrrole nitrogens is 1. The van der Waals surface area contributed by atoms with E-state index in [1.807, 2.05) is 38.2 Å². The van der Waals surface area contributed by atoms with E-state index < -0.39 is 0 Å². The fourth-order valence-corrected chi connectivity index (χ4v) is 3.86. The highest BCUT2D eigenvalue weighted by Gasteiger charge is 2.16. The van der Waals surface area contributed by atoms with E-state index in [4.69, 9.17) is 11.6 Å². The van der Waals surface area contributed by atoms with E-state index in [2.05, 4.69) is 21.5 Å². The Morgan fingerprint density at radius 3 is 2.80 bits per heavy atom. The Bertz CT molecular complexity index is 1230. The predicted molar refractivity (Wildman–Crippen MR) is 117 cm³/mol. The molecule has 2 aromatic heterocycles. The number of hydrogen-bond acceptors (Lipinski definition) is 2. The maximum Gasteiger partial charge on any atom is 0.224 e. The SMILES string of the molecule is Cc1nn(Cc2ccc(F)cc2Cl)c(C)c1NC(=O)CCc1c[nH]c2ccccc12. The van der Waals surface area contributed by atoms with Crippen LogP contribution in [0.3, 0.4) is 0 Å². The minimum atomic E-state index is -0.375. The number of aromatic amines is 1. The first-order chi connectivity index (χ1) is 14.4. The molecular formula is C23H22ClFN4O. The third-order valence-electron chi connectivity index (χ3n) is 5.28. The molecule has 4 rings (SSSR count). The number of para-hydroxylation sites is 1. The standard InChI is InChI=1S/C23H22ClFN4O/c1-14-23(15(2)29(28-14)13-17-7-9-18(25)11-20(17)24)27-22(30)10-8-16-12-26-21-6-4-3-5-19(16)21/h3-7,9,11-12,26H,8,10,13H2,1-2H3,(H,27,30). The van der Waals surface area contributed by atoms with Crippen molar-refractivity contribution >= 4 is 34.1 Å². The van der Waals surface area contributed by atoms with Crippen molar-refractivity contribution in [2.45, 2.75) is 33.2 Å². The van der Waals surface area contributed by atoms with Gasteiger partial charge < -0.3 is 10.3 Å². The zero-order chi connectivity index (χ0) is 21.3. The van der Waals surface area contributed by atoms with Crippen LogP contribution in [0.15, 0.2) is 48.7 Å². The fourth-order valence-electron chi connectivity index (χ4n) is 3.63. The average molecular weight is 425 g/mol. The van der Waals surface area contributed by atoms with E-state index in [1.165, 1.54) is 12.1 Å². The Morgan fingerprint density at radius 1 is 1.20 bits per heavy atom. The Morgan fingerprint density at radius 2 is 2.00 bits per heavy atom. The highest BCUT2D eigenvalue weighted by Crippen LogP contribution is 2.24. The summed E-state index contributed by atoms with van der Waals surface area (Å²) in [7, 11) is 0. The molecule has 0 spiro atoms.